The summed E-state index contributed by atoms with van der Waals surface area (Å²) in [5, 5.41) is 14.7. The van der Waals surface area contributed by atoms with Crippen LogP contribution in [-0.2, 0) is 22.6 Å². The van der Waals surface area contributed by atoms with E-state index in [4.69, 9.17) is 14.7 Å². The summed E-state index contributed by atoms with van der Waals surface area (Å²) >= 11 is 0. The number of hydrogen-bond acceptors (Lipinski definition) is 6. The third kappa shape index (κ3) is 5.84. The summed E-state index contributed by atoms with van der Waals surface area (Å²) in [6, 6.07) is 19.0. The van der Waals surface area contributed by atoms with Crippen LogP contribution >= 0.6 is 0 Å². The van der Waals surface area contributed by atoms with Gasteiger partial charge in [0.15, 0.2) is 0 Å². The molecular weight excluding hydrogens is 444 g/mol. The highest BCUT2D eigenvalue weighted by Gasteiger charge is 2.33. The number of carbonyl (C=O) groups excluding carboxylic acids is 2. The zero-order chi connectivity index (χ0) is 24.6. The van der Waals surface area contributed by atoms with Crippen LogP contribution in [0.25, 0.3) is 0 Å². The smallest absolute Gasteiger partial charge is 0.338 e. The lowest BCUT2D eigenvalue weighted by atomic mass is 9.94. The molecule has 0 radical (unpaired) electrons. The minimum atomic E-state index is -0.712. The van der Waals surface area contributed by atoms with E-state index in [1.54, 1.807) is 55.9 Å². The van der Waals surface area contributed by atoms with Gasteiger partial charge in [0.05, 0.1) is 30.4 Å². The molecule has 1 aliphatic rings. The summed E-state index contributed by atoms with van der Waals surface area (Å²) in [4.78, 5) is 30.0. The van der Waals surface area contributed by atoms with E-state index >= 15 is 0 Å². The first-order valence-electron chi connectivity index (χ1n) is 11.1. The van der Waals surface area contributed by atoms with Crippen LogP contribution in [0.2, 0.25) is 0 Å². The molecule has 2 amide bonds. The van der Waals surface area contributed by atoms with E-state index in [2.05, 4.69) is 21.7 Å². The van der Waals surface area contributed by atoms with Crippen LogP contribution < -0.4 is 15.4 Å². The Morgan fingerprint density at radius 1 is 1.09 bits per heavy atom. The summed E-state index contributed by atoms with van der Waals surface area (Å²) in [7, 11) is 1.60. The van der Waals surface area contributed by atoms with E-state index in [1.165, 1.54) is 0 Å². The molecule has 8 heteroatoms. The lowest BCUT2D eigenvalue weighted by Crippen LogP contribution is -2.46. The maximum atomic E-state index is 13.4. The first-order chi connectivity index (χ1) is 17.1. The van der Waals surface area contributed by atoms with Crippen molar-refractivity contribution in [1.29, 1.82) is 5.26 Å². The van der Waals surface area contributed by atoms with Gasteiger partial charge >= 0.3 is 12.0 Å². The molecule has 2 N–H and O–H groups in total. The first kappa shape index (κ1) is 23.5. The second-order valence-electron chi connectivity index (χ2n) is 7.95. The van der Waals surface area contributed by atoms with Gasteiger partial charge in [-0.2, -0.15) is 5.26 Å². The van der Waals surface area contributed by atoms with E-state index in [9.17, 15) is 9.59 Å². The van der Waals surface area contributed by atoms with Crippen molar-refractivity contribution in [1.82, 2.24) is 15.6 Å². The first-order valence-corrected chi connectivity index (χ1v) is 11.1. The number of esters is 1. The number of methoxy groups -OCH3 is 1. The van der Waals surface area contributed by atoms with Crippen molar-refractivity contribution in [3.05, 3.63) is 107 Å². The van der Waals surface area contributed by atoms with Gasteiger partial charge in [0.25, 0.3) is 0 Å². The predicted molar refractivity (Wildman–Crippen MR) is 128 cm³/mol. The Morgan fingerprint density at radius 2 is 1.91 bits per heavy atom. The Morgan fingerprint density at radius 3 is 2.69 bits per heavy atom. The number of rotatable bonds is 8. The number of benzene rings is 2. The van der Waals surface area contributed by atoms with Gasteiger partial charge < -0.3 is 20.1 Å². The third-order valence-electron chi connectivity index (χ3n) is 5.62. The average molecular weight is 469 g/mol. The van der Waals surface area contributed by atoms with Gasteiger partial charge in [-0.05, 0) is 59.9 Å². The standard InChI is InChI=1S/C27H24N4O4/c1-34-22-9-3-5-18(14-22)10-11-23-24(25(31-27(33)30-23)21-8-4-12-29-16-21)26(32)35-17-20-7-2-6-19(13-20)15-28/h2-9,12-14,16,25H,10-11,17H2,1H3,(H2,30,31,33). The molecule has 0 fully saturated rings. The fourth-order valence-corrected chi connectivity index (χ4v) is 3.91. The second-order valence-corrected chi connectivity index (χ2v) is 7.95. The van der Waals surface area contributed by atoms with Crippen LogP contribution in [0.4, 0.5) is 4.79 Å². The summed E-state index contributed by atoms with van der Waals surface area (Å²) in [5.41, 5.74) is 3.65. The zero-order valence-corrected chi connectivity index (χ0v) is 19.2. The van der Waals surface area contributed by atoms with Crippen LogP contribution in [0.3, 0.4) is 0 Å². The van der Waals surface area contributed by atoms with E-state index in [-0.39, 0.29) is 6.61 Å². The number of carbonyl (C=O) groups is 2. The molecule has 1 aliphatic heterocycles. The van der Waals surface area contributed by atoms with E-state index < -0.39 is 18.0 Å². The van der Waals surface area contributed by atoms with E-state index in [0.29, 0.717) is 40.8 Å². The topological polar surface area (TPSA) is 113 Å². The highest BCUT2D eigenvalue weighted by molar-refractivity contribution is 5.95. The number of aryl methyl sites for hydroxylation is 1. The molecule has 2 aromatic carbocycles. The van der Waals surface area contributed by atoms with Crippen molar-refractivity contribution in [2.75, 3.05) is 7.11 Å². The molecule has 0 saturated carbocycles. The van der Waals surface area contributed by atoms with Gasteiger partial charge in [-0.25, -0.2) is 9.59 Å². The molecule has 0 bridgehead atoms. The number of urea groups is 1. The van der Waals surface area contributed by atoms with Crippen molar-refractivity contribution >= 4 is 12.0 Å². The SMILES string of the molecule is COc1cccc(CCC2=C(C(=O)OCc3cccc(C#N)c3)C(c3cccnc3)NC(=O)N2)c1. The van der Waals surface area contributed by atoms with Gasteiger partial charge in [0.2, 0.25) is 0 Å². The largest absolute Gasteiger partial charge is 0.497 e. The third-order valence-corrected chi connectivity index (χ3v) is 5.62. The van der Waals surface area contributed by atoms with Gasteiger partial charge in [-0.15, -0.1) is 0 Å². The molecular formula is C27H24N4O4. The Hall–Kier alpha value is -4.64. The number of pyridine rings is 1. The molecule has 4 rings (SSSR count). The van der Waals surface area contributed by atoms with E-state index in [1.807, 2.05) is 24.3 Å². The molecule has 1 unspecified atom stereocenters. The average Bonchev–Trinajstić information content (AvgIpc) is 2.91. The number of allylic oxidation sites excluding steroid dienone is 1. The number of ether oxygens (including phenoxy) is 2. The maximum Gasteiger partial charge on any atom is 0.338 e. The molecule has 176 valence electrons. The van der Waals surface area contributed by atoms with Gasteiger partial charge in [0.1, 0.15) is 12.4 Å². The van der Waals surface area contributed by atoms with Crippen LogP contribution in [-0.4, -0.2) is 24.1 Å². The van der Waals surface area contributed by atoms with Crippen LogP contribution in [0.5, 0.6) is 5.75 Å². The summed E-state index contributed by atoms with van der Waals surface area (Å²) in [5.74, 6) is 0.174. The molecule has 2 heterocycles. The zero-order valence-electron chi connectivity index (χ0n) is 19.2. The second kappa shape index (κ2) is 11.0. The van der Waals surface area contributed by atoms with Gasteiger partial charge in [0, 0.05) is 18.1 Å². The van der Waals surface area contributed by atoms with Crippen molar-refractivity contribution in [2.24, 2.45) is 0 Å². The number of amides is 2. The molecule has 1 atom stereocenters. The summed E-state index contributed by atoms with van der Waals surface area (Å²) in [6.07, 6.45) is 4.22. The normalized spacial score (nSPS) is 15.0. The number of nitriles is 1. The minimum Gasteiger partial charge on any atom is -0.497 e. The Labute approximate surface area is 203 Å². The quantitative estimate of drug-likeness (QED) is 0.484. The van der Waals surface area contributed by atoms with Crippen molar-refractivity contribution in [3.63, 3.8) is 0 Å². The molecule has 0 aliphatic carbocycles. The highest BCUT2D eigenvalue weighted by atomic mass is 16.5. The van der Waals surface area contributed by atoms with E-state index in [0.717, 1.165) is 11.3 Å². The lowest BCUT2D eigenvalue weighted by Gasteiger charge is -2.29. The monoisotopic (exact) mass is 468 g/mol. The lowest BCUT2D eigenvalue weighted by molar-refractivity contribution is -0.140. The molecule has 0 saturated heterocycles. The molecule has 0 spiro atoms. The Bertz CT molecular complexity index is 1300. The number of nitrogens with one attached hydrogen (secondary N) is 2. The van der Waals surface area contributed by atoms with Crippen molar-refractivity contribution in [2.45, 2.75) is 25.5 Å². The number of hydrogen-bond donors (Lipinski definition) is 2. The molecule has 3 aromatic rings. The van der Waals surface area contributed by atoms with Crippen molar-refractivity contribution < 1.29 is 19.1 Å². The van der Waals surface area contributed by atoms with Gasteiger partial charge in [-0.3, -0.25) is 4.98 Å². The van der Waals surface area contributed by atoms with Gasteiger partial charge in [-0.1, -0.05) is 30.3 Å². The van der Waals surface area contributed by atoms with Crippen LogP contribution in [0.15, 0.2) is 84.3 Å². The Balaban J connectivity index is 1.63. The fraction of sp³-hybridized carbons (Fsp3) is 0.185. The number of nitrogens with zero attached hydrogens (tertiary/aromatic N) is 2. The number of aromatic nitrogens is 1. The molecule has 1 aromatic heterocycles. The minimum absolute atomic E-state index is 0.00523. The summed E-state index contributed by atoms with van der Waals surface area (Å²) in [6.45, 7) is -0.00523. The Kier molecular flexibility index (Phi) is 7.38. The summed E-state index contributed by atoms with van der Waals surface area (Å²) < 4.78 is 10.9. The highest BCUT2D eigenvalue weighted by Crippen LogP contribution is 2.29. The predicted octanol–water partition coefficient (Wildman–Crippen LogP) is 3.95. The molecule has 35 heavy (non-hydrogen) atoms. The fourth-order valence-electron chi connectivity index (χ4n) is 3.91. The van der Waals surface area contributed by atoms with Crippen molar-refractivity contribution in [3.8, 4) is 11.8 Å². The van der Waals surface area contributed by atoms with Crippen LogP contribution in [0, 0.1) is 11.3 Å². The maximum absolute atomic E-state index is 13.4. The molecule has 8 nitrogen and oxygen atoms in total. The van der Waals surface area contributed by atoms with Crippen LogP contribution in [0.1, 0.15) is 34.7 Å².